The Labute approximate surface area is 289 Å². The van der Waals surface area contributed by atoms with Crippen molar-refractivity contribution in [1.29, 1.82) is 0 Å². The molecule has 1 N–H and O–H groups in total. The number of hydrogen-bond donors (Lipinski definition) is 1. The first-order valence-corrected chi connectivity index (χ1v) is 17.4. The van der Waals surface area contributed by atoms with E-state index in [1.165, 1.54) is 104 Å². The van der Waals surface area contributed by atoms with Crippen LogP contribution >= 0.6 is 0 Å². The zero-order valence-corrected chi connectivity index (χ0v) is 27.3. The van der Waals surface area contributed by atoms with Crippen LogP contribution < -0.4 is 4.90 Å². The van der Waals surface area contributed by atoms with E-state index in [4.69, 9.17) is 0 Å². The third kappa shape index (κ3) is 3.88. The van der Waals surface area contributed by atoms with Crippen molar-refractivity contribution in [1.82, 2.24) is 4.57 Å². The molecule has 0 spiro atoms. The molecule has 0 bridgehead atoms. The average Bonchev–Trinajstić information content (AvgIpc) is 3.70. The standard InChI is InChI=1S/C48H30N2/c1-2-13-34(14-3-1)49-44-20-10-8-18-39(44)42-28-32(23-26-46(42)49)33-24-27-47-43(29-33)40-19-9-11-21-45(40)50(47)48-30-41-35-15-5-4-12-31(35)22-25-37(41)36-16-6-7-17-38(36)48/h1-30H/p+1. The topological polar surface area (TPSA) is 9.37 Å². The molecule has 1 aromatic heterocycles. The Morgan fingerprint density at radius 2 is 0.960 bits per heavy atom. The van der Waals surface area contributed by atoms with Crippen LogP contribution in [0, 0.1) is 0 Å². The number of para-hydroxylation sites is 3. The molecule has 0 fully saturated rings. The predicted molar refractivity (Wildman–Crippen MR) is 211 cm³/mol. The van der Waals surface area contributed by atoms with Crippen LogP contribution in [0.25, 0.3) is 82.1 Å². The largest absolute Gasteiger partial charge is 0.309 e. The van der Waals surface area contributed by atoms with Crippen molar-refractivity contribution in [2.24, 2.45) is 0 Å². The Morgan fingerprint density at radius 1 is 0.320 bits per heavy atom. The Morgan fingerprint density at radius 3 is 1.86 bits per heavy atom. The quantitative estimate of drug-likeness (QED) is 0.185. The third-order valence-electron chi connectivity index (χ3n) is 10.8. The van der Waals surface area contributed by atoms with Gasteiger partial charge >= 0.3 is 0 Å². The minimum absolute atomic E-state index is 1.18. The van der Waals surface area contributed by atoms with Crippen LogP contribution in [0.3, 0.4) is 0 Å². The molecule has 0 amide bonds. The third-order valence-corrected chi connectivity index (χ3v) is 10.8. The van der Waals surface area contributed by atoms with E-state index in [-0.39, 0.29) is 0 Å². The Hall–Kier alpha value is -6.48. The molecule has 1 aliphatic rings. The van der Waals surface area contributed by atoms with Crippen LogP contribution in [0.1, 0.15) is 0 Å². The van der Waals surface area contributed by atoms with E-state index in [9.17, 15) is 0 Å². The highest BCUT2D eigenvalue weighted by molar-refractivity contribution is 6.20. The summed E-state index contributed by atoms with van der Waals surface area (Å²) in [6.07, 6.45) is 0. The number of hydrogen-bond acceptors (Lipinski definition) is 0. The first-order chi connectivity index (χ1) is 24.8. The molecule has 1 unspecified atom stereocenters. The number of nitrogens with zero attached hydrogens (tertiary/aromatic N) is 1. The molecule has 11 rings (SSSR count). The molecule has 0 saturated heterocycles. The van der Waals surface area contributed by atoms with Crippen LogP contribution in [0.4, 0.5) is 17.1 Å². The molecule has 0 aliphatic carbocycles. The van der Waals surface area contributed by atoms with Gasteiger partial charge in [-0.3, -0.25) is 0 Å². The fourth-order valence-electron chi connectivity index (χ4n) is 8.61. The molecule has 2 nitrogen and oxygen atoms in total. The fraction of sp³-hybridized carbons (Fsp3) is 0. The summed E-state index contributed by atoms with van der Waals surface area (Å²) in [6, 6.07) is 67.1. The second-order valence-corrected chi connectivity index (χ2v) is 13.5. The van der Waals surface area contributed by atoms with E-state index in [2.05, 4.69) is 187 Å². The Kier molecular flexibility index (Phi) is 5.77. The highest BCUT2D eigenvalue weighted by Gasteiger charge is 2.35. The molecule has 232 valence electrons. The highest BCUT2D eigenvalue weighted by Crippen LogP contribution is 2.44. The summed E-state index contributed by atoms with van der Waals surface area (Å²) in [4.78, 5) is 1.31. The lowest BCUT2D eigenvalue weighted by Gasteiger charge is -2.19. The van der Waals surface area contributed by atoms with Crippen LogP contribution in [-0.4, -0.2) is 4.57 Å². The van der Waals surface area contributed by atoms with Gasteiger partial charge in [-0.25, -0.2) is 4.90 Å². The monoisotopic (exact) mass is 635 g/mol. The molecule has 2 heteroatoms. The number of fused-ring (bicyclic) bond motifs is 11. The summed E-state index contributed by atoms with van der Waals surface area (Å²) in [7, 11) is 0. The van der Waals surface area contributed by atoms with Gasteiger partial charge in [-0.1, -0.05) is 109 Å². The van der Waals surface area contributed by atoms with E-state index >= 15 is 0 Å². The maximum absolute atomic E-state index is 2.45. The normalized spacial score (nSPS) is 13.8. The Balaban J connectivity index is 1.12. The number of rotatable bonds is 3. The zero-order chi connectivity index (χ0) is 32.8. The van der Waals surface area contributed by atoms with E-state index in [0.717, 1.165) is 0 Å². The van der Waals surface area contributed by atoms with Crippen molar-refractivity contribution in [3.05, 3.63) is 182 Å². The number of aromatic nitrogens is 1. The maximum atomic E-state index is 2.45. The van der Waals surface area contributed by atoms with Crippen molar-refractivity contribution >= 4 is 71.2 Å². The first kappa shape index (κ1) is 27.5. The molecule has 2 heterocycles. The zero-order valence-electron chi connectivity index (χ0n) is 27.3. The molecular formula is C48H31N2+. The number of nitrogens with one attached hydrogen (secondary N) is 1. The summed E-state index contributed by atoms with van der Waals surface area (Å²) < 4.78 is 2.38. The van der Waals surface area contributed by atoms with Gasteiger partial charge in [-0.2, -0.15) is 0 Å². The molecule has 9 aromatic carbocycles. The van der Waals surface area contributed by atoms with Crippen molar-refractivity contribution in [3.8, 4) is 27.9 Å². The first-order valence-electron chi connectivity index (χ1n) is 17.4. The van der Waals surface area contributed by atoms with Gasteiger partial charge in [0.1, 0.15) is 17.1 Å². The Bertz CT molecular complexity index is 2990. The lowest BCUT2D eigenvalue weighted by Crippen LogP contribution is -2.95. The summed E-state index contributed by atoms with van der Waals surface area (Å²) in [5, 5.41) is 10.3. The molecule has 50 heavy (non-hydrogen) atoms. The molecular weight excluding hydrogens is 605 g/mol. The van der Waals surface area contributed by atoms with Gasteiger partial charge in [0.25, 0.3) is 0 Å². The minimum Gasteiger partial charge on any atom is -0.309 e. The average molecular weight is 636 g/mol. The van der Waals surface area contributed by atoms with Crippen LogP contribution in [0.2, 0.25) is 0 Å². The second kappa shape index (κ2) is 10.5. The molecule has 0 saturated carbocycles. The van der Waals surface area contributed by atoms with Crippen LogP contribution in [0.5, 0.6) is 0 Å². The number of benzene rings is 9. The summed E-state index contributed by atoms with van der Waals surface area (Å²) >= 11 is 0. The van der Waals surface area contributed by atoms with E-state index in [0.29, 0.717) is 0 Å². The van der Waals surface area contributed by atoms with Crippen LogP contribution in [0.15, 0.2) is 182 Å². The minimum atomic E-state index is 1.18. The van der Waals surface area contributed by atoms with E-state index in [1.807, 2.05) is 0 Å². The highest BCUT2D eigenvalue weighted by atomic mass is 15.2. The molecule has 1 aliphatic heterocycles. The van der Waals surface area contributed by atoms with E-state index < -0.39 is 0 Å². The van der Waals surface area contributed by atoms with Gasteiger partial charge in [0.2, 0.25) is 0 Å². The lowest BCUT2D eigenvalue weighted by atomic mass is 9.95. The van der Waals surface area contributed by atoms with Gasteiger partial charge in [0.15, 0.2) is 0 Å². The molecule has 1 atom stereocenters. The SMILES string of the molecule is c1ccc(-n2c3ccccc3c3cc(-c4ccc5c(c4)-c4ccccc4[NH+]5c4cc5c6ccccc6ccc5c5ccccc45)ccc32)cc1. The van der Waals surface area contributed by atoms with Crippen molar-refractivity contribution in [2.75, 3.05) is 0 Å². The van der Waals surface area contributed by atoms with Crippen LogP contribution in [-0.2, 0) is 0 Å². The second-order valence-electron chi connectivity index (χ2n) is 13.5. The van der Waals surface area contributed by atoms with Gasteiger partial charge in [0.05, 0.1) is 16.6 Å². The van der Waals surface area contributed by atoms with Crippen molar-refractivity contribution in [2.45, 2.75) is 0 Å². The smallest absolute Gasteiger partial charge is 0.149 e. The van der Waals surface area contributed by atoms with Gasteiger partial charge in [-0.05, 0) is 92.7 Å². The number of quaternary nitrogens is 1. The maximum Gasteiger partial charge on any atom is 0.149 e. The molecule has 10 aromatic rings. The van der Waals surface area contributed by atoms with Gasteiger partial charge in [-0.15, -0.1) is 0 Å². The predicted octanol–water partition coefficient (Wildman–Crippen LogP) is 12.1. The summed E-state index contributed by atoms with van der Waals surface area (Å²) in [5.41, 5.74) is 12.5. The van der Waals surface area contributed by atoms with Crippen molar-refractivity contribution < 1.29 is 4.90 Å². The van der Waals surface area contributed by atoms with Crippen molar-refractivity contribution in [3.63, 3.8) is 0 Å². The van der Waals surface area contributed by atoms with Gasteiger partial charge < -0.3 is 4.57 Å². The fourth-order valence-corrected chi connectivity index (χ4v) is 8.61. The lowest BCUT2D eigenvalue weighted by molar-refractivity contribution is -0.675. The van der Waals surface area contributed by atoms with E-state index in [1.54, 1.807) is 0 Å². The van der Waals surface area contributed by atoms with Gasteiger partial charge in [0, 0.05) is 45.6 Å². The summed E-state index contributed by atoms with van der Waals surface area (Å²) in [5.74, 6) is 0. The molecule has 0 radical (unpaired) electrons. The summed E-state index contributed by atoms with van der Waals surface area (Å²) in [6.45, 7) is 0.